The first-order chi connectivity index (χ1) is 13.3. The third-order valence-electron chi connectivity index (χ3n) is 4.19. The monoisotopic (exact) mass is 385 g/mol. The lowest BCUT2D eigenvalue weighted by Gasteiger charge is -2.11. The molecule has 0 aliphatic rings. The van der Waals surface area contributed by atoms with Gasteiger partial charge in [0.2, 0.25) is 0 Å². The van der Waals surface area contributed by atoms with Crippen LogP contribution in [0.2, 0.25) is 0 Å². The Hall–Kier alpha value is -3.35. The molecule has 1 amide bonds. The summed E-state index contributed by atoms with van der Waals surface area (Å²) in [6.07, 6.45) is -1.52. The van der Waals surface area contributed by atoms with E-state index in [0.717, 1.165) is 23.3 Å². The largest absolute Gasteiger partial charge is 0.416 e. The minimum Gasteiger partial charge on any atom is -0.380 e. The fraction of sp³-hybridized carbons (Fsp3) is 0.143. The van der Waals surface area contributed by atoms with E-state index in [0.29, 0.717) is 12.2 Å². The number of hydrogen-bond donors (Lipinski definition) is 2. The Kier molecular flexibility index (Phi) is 5.63. The standard InChI is InChI=1S/C21H18F3N3O/c1-14-5-2-3-6-15(14)12-26-19-9-16(11-25-13-19)20(28)27-18-8-4-7-17(10-18)21(22,23)24/h2-11,13,26H,12H2,1H3,(H,27,28). The zero-order valence-electron chi connectivity index (χ0n) is 15.0. The second-order valence-electron chi connectivity index (χ2n) is 6.28. The number of alkyl halides is 3. The van der Waals surface area contributed by atoms with Crippen molar-refractivity contribution in [3.8, 4) is 0 Å². The first-order valence-electron chi connectivity index (χ1n) is 8.55. The molecule has 0 fully saturated rings. The molecule has 0 bridgehead atoms. The van der Waals surface area contributed by atoms with Crippen LogP contribution in [0.25, 0.3) is 0 Å². The molecule has 0 radical (unpaired) electrons. The number of aryl methyl sites for hydroxylation is 1. The lowest BCUT2D eigenvalue weighted by Crippen LogP contribution is -2.14. The van der Waals surface area contributed by atoms with E-state index in [-0.39, 0.29) is 11.3 Å². The van der Waals surface area contributed by atoms with Crippen molar-refractivity contribution in [3.63, 3.8) is 0 Å². The summed E-state index contributed by atoms with van der Waals surface area (Å²) in [4.78, 5) is 16.4. The molecule has 0 unspecified atom stereocenters. The maximum Gasteiger partial charge on any atom is 0.416 e. The second-order valence-corrected chi connectivity index (χ2v) is 6.28. The number of aromatic nitrogens is 1. The van der Waals surface area contributed by atoms with Gasteiger partial charge in [0.1, 0.15) is 0 Å². The maximum atomic E-state index is 12.8. The fourth-order valence-electron chi connectivity index (χ4n) is 2.64. The van der Waals surface area contributed by atoms with Gasteiger partial charge in [0.15, 0.2) is 0 Å². The number of rotatable bonds is 5. The van der Waals surface area contributed by atoms with Crippen molar-refractivity contribution in [3.05, 3.63) is 89.2 Å². The first kappa shape index (κ1) is 19.4. The highest BCUT2D eigenvalue weighted by Gasteiger charge is 2.30. The molecule has 1 aromatic heterocycles. The summed E-state index contributed by atoms with van der Waals surface area (Å²) in [5, 5.41) is 5.67. The molecule has 1 heterocycles. The number of anilines is 2. The van der Waals surface area contributed by atoms with Crippen molar-refractivity contribution < 1.29 is 18.0 Å². The minimum absolute atomic E-state index is 0.0677. The lowest BCUT2D eigenvalue weighted by molar-refractivity contribution is -0.137. The number of carbonyl (C=O) groups is 1. The Labute approximate surface area is 160 Å². The van der Waals surface area contributed by atoms with Crippen molar-refractivity contribution in [2.24, 2.45) is 0 Å². The average molecular weight is 385 g/mol. The lowest BCUT2D eigenvalue weighted by atomic mass is 10.1. The number of pyridine rings is 1. The molecular formula is C21H18F3N3O. The third kappa shape index (κ3) is 4.88. The van der Waals surface area contributed by atoms with Crippen LogP contribution in [0.1, 0.15) is 27.0 Å². The quantitative estimate of drug-likeness (QED) is 0.629. The van der Waals surface area contributed by atoms with Gasteiger partial charge in [0.05, 0.1) is 16.8 Å². The number of halogens is 3. The maximum absolute atomic E-state index is 12.8. The van der Waals surface area contributed by atoms with Gasteiger partial charge in [-0.15, -0.1) is 0 Å². The zero-order valence-corrected chi connectivity index (χ0v) is 15.0. The van der Waals surface area contributed by atoms with Crippen LogP contribution in [0.3, 0.4) is 0 Å². The van der Waals surface area contributed by atoms with E-state index in [1.54, 1.807) is 12.3 Å². The Balaban J connectivity index is 1.70. The van der Waals surface area contributed by atoms with Crippen LogP contribution in [0, 0.1) is 6.92 Å². The Morgan fingerprint density at radius 3 is 2.54 bits per heavy atom. The Morgan fingerprint density at radius 2 is 1.79 bits per heavy atom. The highest BCUT2D eigenvalue weighted by atomic mass is 19.4. The first-order valence-corrected chi connectivity index (χ1v) is 8.55. The number of benzene rings is 2. The molecule has 2 N–H and O–H groups in total. The van der Waals surface area contributed by atoms with E-state index >= 15 is 0 Å². The van der Waals surface area contributed by atoms with Gasteiger partial charge >= 0.3 is 6.18 Å². The summed E-state index contributed by atoms with van der Waals surface area (Å²) in [7, 11) is 0. The predicted octanol–water partition coefficient (Wildman–Crippen LogP) is 5.27. The van der Waals surface area contributed by atoms with Gasteiger partial charge in [-0.3, -0.25) is 9.78 Å². The summed E-state index contributed by atoms with van der Waals surface area (Å²) in [5.41, 5.74) is 2.38. The zero-order chi connectivity index (χ0) is 20.1. The molecule has 4 nitrogen and oxygen atoms in total. The molecule has 3 aromatic rings. The van der Waals surface area contributed by atoms with Crippen LogP contribution in [0.15, 0.2) is 67.0 Å². The molecule has 3 rings (SSSR count). The number of nitrogens with zero attached hydrogens (tertiary/aromatic N) is 1. The van der Waals surface area contributed by atoms with Gasteiger partial charge in [-0.2, -0.15) is 13.2 Å². The van der Waals surface area contributed by atoms with Crippen LogP contribution >= 0.6 is 0 Å². The molecule has 0 aliphatic heterocycles. The van der Waals surface area contributed by atoms with Crippen LogP contribution in [-0.2, 0) is 12.7 Å². The summed E-state index contributed by atoms with van der Waals surface area (Å²) >= 11 is 0. The van der Waals surface area contributed by atoms with Crippen LogP contribution in [0.5, 0.6) is 0 Å². The topological polar surface area (TPSA) is 54.0 Å². The molecule has 0 spiro atoms. The van der Waals surface area contributed by atoms with Gasteiger partial charge in [-0.1, -0.05) is 30.3 Å². The van der Waals surface area contributed by atoms with Crippen molar-refractivity contribution in [1.82, 2.24) is 4.98 Å². The van der Waals surface area contributed by atoms with Gasteiger partial charge in [0, 0.05) is 24.6 Å². The fourth-order valence-corrected chi connectivity index (χ4v) is 2.64. The number of hydrogen-bond acceptors (Lipinski definition) is 3. The highest BCUT2D eigenvalue weighted by Crippen LogP contribution is 2.30. The van der Waals surface area contributed by atoms with E-state index in [9.17, 15) is 18.0 Å². The number of nitrogens with one attached hydrogen (secondary N) is 2. The molecule has 2 aromatic carbocycles. The summed E-state index contributed by atoms with van der Waals surface area (Å²) in [6, 6.07) is 14.0. The number of amides is 1. The van der Waals surface area contributed by atoms with Gasteiger partial charge in [-0.25, -0.2) is 0 Å². The molecule has 0 aliphatic carbocycles. The van der Waals surface area contributed by atoms with Crippen molar-refractivity contribution in [1.29, 1.82) is 0 Å². The molecule has 0 atom stereocenters. The normalized spacial score (nSPS) is 11.1. The van der Waals surface area contributed by atoms with E-state index in [1.165, 1.54) is 18.3 Å². The predicted molar refractivity (Wildman–Crippen MR) is 102 cm³/mol. The molecule has 144 valence electrons. The molecule has 28 heavy (non-hydrogen) atoms. The third-order valence-corrected chi connectivity index (χ3v) is 4.19. The van der Waals surface area contributed by atoms with E-state index in [4.69, 9.17) is 0 Å². The van der Waals surface area contributed by atoms with Crippen LogP contribution < -0.4 is 10.6 Å². The summed E-state index contributed by atoms with van der Waals surface area (Å²) < 4.78 is 38.4. The Bertz CT molecular complexity index is 986. The van der Waals surface area contributed by atoms with Crippen LogP contribution in [0.4, 0.5) is 24.5 Å². The molecule has 7 heteroatoms. The van der Waals surface area contributed by atoms with Gasteiger partial charge < -0.3 is 10.6 Å². The van der Waals surface area contributed by atoms with E-state index in [1.807, 2.05) is 31.2 Å². The van der Waals surface area contributed by atoms with Crippen LogP contribution in [-0.4, -0.2) is 10.9 Å². The molecule has 0 saturated heterocycles. The molecule has 0 saturated carbocycles. The van der Waals surface area contributed by atoms with E-state index in [2.05, 4.69) is 15.6 Å². The van der Waals surface area contributed by atoms with Crippen molar-refractivity contribution >= 4 is 17.3 Å². The number of carbonyl (C=O) groups excluding carboxylic acids is 1. The SMILES string of the molecule is Cc1ccccc1CNc1cncc(C(=O)Nc2cccc(C(F)(F)F)c2)c1. The Morgan fingerprint density at radius 1 is 1.00 bits per heavy atom. The average Bonchev–Trinajstić information content (AvgIpc) is 2.67. The van der Waals surface area contributed by atoms with Crippen molar-refractivity contribution in [2.45, 2.75) is 19.6 Å². The van der Waals surface area contributed by atoms with Gasteiger partial charge in [0.25, 0.3) is 5.91 Å². The second kappa shape index (κ2) is 8.12. The minimum atomic E-state index is -4.47. The highest BCUT2D eigenvalue weighted by molar-refractivity contribution is 6.04. The summed E-state index contributed by atoms with van der Waals surface area (Å²) in [5.74, 6) is -0.536. The van der Waals surface area contributed by atoms with Gasteiger partial charge in [-0.05, 0) is 42.3 Å². The summed E-state index contributed by atoms with van der Waals surface area (Å²) in [6.45, 7) is 2.57. The van der Waals surface area contributed by atoms with E-state index < -0.39 is 17.6 Å². The smallest absolute Gasteiger partial charge is 0.380 e. The van der Waals surface area contributed by atoms with Crippen molar-refractivity contribution in [2.75, 3.05) is 10.6 Å². The molecular weight excluding hydrogens is 367 g/mol.